The van der Waals surface area contributed by atoms with Crippen molar-refractivity contribution in [1.82, 2.24) is 4.98 Å². The van der Waals surface area contributed by atoms with Crippen molar-refractivity contribution in [2.45, 2.75) is 37.0 Å². The lowest BCUT2D eigenvalue weighted by atomic mass is 9.95. The lowest BCUT2D eigenvalue weighted by molar-refractivity contribution is -0.385. The van der Waals surface area contributed by atoms with E-state index in [1.165, 1.54) is 18.9 Å². The fraction of sp³-hybridized carbons (Fsp3) is 0.538. The summed E-state index contributed by atoms with van der Waals surface area (Å²) in [6.45, 7) is 0. The zero-order valence-corrected chi connectivity index (χ0v) is 12.0. The fourth-order valence-electron chi connectivity index (χ4n) is 2.46. The van der Waals surface area contributed by atoms with Gasteiger partial charge in [-0.05, 0) is 31.6 Å². The summed E-state index contributed by atoms with van der Waals surface area (Å²) >= 11 is 1.87. The number of hydrogen-bond acceptors (Lipinski definition) is 6. The van der Waals surface area contributed by atoms with Gasteiger partial charge in [0.05, 0.1) is 4.92 Å². The van der Waals surface area contributed by atoms with Crippen LogP contribution in [0.3, 0.4) is 0 Å². The molecule has 1 fully saturated rings. The Morgan fingerprint density at radius 1 is 1.55 bits per heavy atom. The van der Waals surface area contributed by atoms with Crippen molar-refractivity contribution >= 4 is 23.3 Å². The zero-order valence-electron chi connectivity index (χ0n) is 11.2. The van der Waals surface area contributed by atoms with Crippen LogP contribution in [0.5, 0.6) is 0 Å². The molecule has 7 heteroatoms. The average Bonchev–Trinajstić information content (AvgIpc) is 2.47. The van der Waals surface area contributed by atoms with Gasteiger partial charge in [-0.25, -0.2) is 4.98 Å². The van der Waals surface area contributed by atoms with Gasteiger partial charge < -0.3 is 5.32 Å². The summed E-state index contributed by atoms with van der Waals surface area (Å²) < 4.78 is 0. The van der Waals surface area contributed by atoms with Crippen LogP contribution < -0.4 is 5.32 Å². The lowest BCUT2D eigenvalue weighted by Gasteiger charge is -2.29. The van der Waals surface area contributed by atoms with Gasteiger partial charge in [0.1, 0.15) is 11.9 Å². The molecule has 1 aromatic rings. The molecule has 6 nitrogen and oxygen atoms in total. The first-order chi connectivity index (χ1) is 9.63. The smallest absolute Gasteiger partial charge is 0.305 e. The van der Waals surface area contributed by atoms with Crippen LogP contribution in [-0.4, -0.2) is 27.5 Å². The average molecular weight is 292 g/mol. The van der Waals surface area contributed by atoms with E-state index in [2.05, 4.69) is 16.6 Å². The van der Waals surface area contributed by atoms with E-state index in [1.807, 2.05) is 11.8 Å². The van der Waals surface area contributed by atoms with Crippen LogP contribution in [0.2, 0.25) is 0 Å². The van der Waals surface area contributed by atoms with Crippen molar-refractivity contribution in [3.8, 4) is 6.07 Å². The van der Waals surface area contributed by atoms with Crippen molar-refractivity contribution < 1.29 is 4.92 Å². The second-order valence-electron chi connectivity index (χ2n) is 4.80. The van der Waals surface area contributed by atoms with Crippen molar-refractivity contribution in [2.75, 3.05) is 11.6 Å². The van der Waals surface area contributed by atoms with Gasteiger partial charge in [0.25, 0.3) is 0 Å². The first-order valence-corrected chi connectivity index (χ1v) is 7.77. The fourth-order valence-corrected chi connectivity index (χ4v) is 3.29. The van der Waals surface area contributed by atoms with Crippen molar-refractivity contribution in [2.24, 2.45) is 0 Å². The highest BCUT2D eigenvalue weighted by atomic mass is 32.2. The Morgan fingerprint density at radius 3 is 3.00 bits per heavy atom. The normalized spacial score (nSPS) is 22.0. The molecule has 106 valence electrons. The van der Waals surface area contributed by atoms with E-state index in [9.17, 15) is 10.1 Å². The van der Waals surface area contributed by atoms with Crippen LogP contribution in [0.4, 0.5) is 11.5 Å². The number of nitriles is 1. The number of thioether (sulfide) groups is 1. The minimum Gasteiger partial charge on any atom is -0.367 e. The second kappa shape index (κ2) is 6.57. The van der Waals surface area contributed by atoms with E-state index in [0.29, 0.717) is 17.1 Å². The number of pyridine rings is 1. The third-order valence-corrected chi connectivity index (χ3v) is 4.58. The van der Waals surface area contributed by atoms with Gasteiger partial charge in [-0.3, -0.25) is 10.1 Å². The highest BCUT2D eigenvalue weighted by Crippen LogP contribution is 2.29. The first-order valence-electron chi connectivity index (χ1n) is 6.49. The van der Waals surface area contributed by atoms with Crippen molar-refractivity contribution in [3.63, 3.8) is 0 Å². The molecule has 1 aromatic heterocycles. The Hall–Kier alpha value is -1.81. The summed E-state index contributed by atoms with van der Waals surface area (Å²) in [5, 5.41) is 23.6. The summed E-state index contributed by atoms with van der Waals surface area (Å²) in [6.07, 6.45) is 6.64. The largest absolute Gasteiger partial charge is 0.367 e. The van der Waals surface area contributed by atoms with Gasteiger partial charge in [0.15, 0.2) is 0 Å². The molecule has 0 saturated heterocycles. The molecular weight excluding hydrogens is 276 g/mol. The molecule has 1 aliphatic rings. The first kappa shape index (κ1) is 14.6. The van der Waals surface area contributed by atoms with Crippen LogP contribution in [0.25, 0.3) is 0 Å². The van der Waals surface area contributed by atoms with Crippen LogP contribution in [0, 0.1) is 21.4 Å². The number of rotatable bonds is 4. The summed E-state index contributed by atoms with van der Waals surface area (Å²) in [5.41, 5.74) is -0.388. The van der Waals surface area contributed by atoms with Crippen LogP contribution in [0.15, 0.2) is 12.1 Å². The number of aromatic nitrogens is 1. The van der Waals surface area contributed by atoms with Crippen molar-refractivity contribution in [1.29, 1.82) is 5.26 Å². The Bertz CT molecular complexity index is 544. The molecule has 0 radical (unpaired) electrons. The van der Waals surface area contributed by atoms with E-state index in [0.717, 1.165) is 12.8 Å². The Labute approximate surface area is 121 Å². The number of hydrogen-bond donors (Lipinski definition) is 1. The van der Waals surface area contributed by atoms with E-state index in [1.54, 1.807) is 12.1 Å². The summed E-state index contributed by atoms with van der Waals surface area (Å²) in [6, 6.07) is 5.01. The monoisotopic (exact) mass is 292 g/mol. The molecule has 1 heterocycles. The maximum absolute atomic E-state index is 10.8. The minimum atomic E-state index is -0.584. The van der Waals surface area contributed by atoms with E-state index in [-0.39, 0.29) is 11.4 Å². The molecule has 0 bridgehead atoms. The maximum Gasteiger partial charge on any atom is 0.305 e. The third kappa shape index (κ3) is 3.39. The topological polar surface area (TPSA) is 91.9 Å². The molecule has 2 atom stereocenters. The molecule has 1 N–H and O–H groups in total. The quantitative estimate of drug-likeness (QED) is 0.677. The van der Waals surface area contributed by atoms with E-state index >= 15 is 0 Å². The number of nitro groups is 1. The molecule has 1 aliphatic carbocycles. The van der Waals surface area contributed by atoms with Gasteiger partial charge in [-0.15, -0.1) is 0 Å². The Morgan fingerprint density at radius 2 is 2.35 bits per heavy atom. The van der Waals surface area contributed by atoms with E-state index < -0.39 is 4.92 Å². The number of nitrogens with one attached hydrogen (secondary N) is 1. The van der Waals surface area contributed by atoms with Gasteiger partial charge in [0.2, 0.25) is 5.69 Å². The summed E-state index contributed by atoms with van der Waals surface area (Å²) in [5.74, 6) is 0.541. The zero-order chi connectivity index (χ0) is 14.5. The SMILES string of the molecule is CSC1CCCC(Nc2ccc([N+](=O)[O-])c(C#N)n2)C1. The predicted molar refractivity (Wildman–Crippen MR) is 78.8 cm³/mol. The number of nitrogens with zero attached hydrogens (tertiary/aromatic N) is 3. The van der Waals surface area contributed by atoms with Crippen LogP contribution >= 0.6 is 11.8 Å². The van der Waals surface area contributed by atoms with Crippen molar-refractivity contribution in [3.05, 3.63) is 27.9 Å². The third-order valence-electron chi connectivity index (χ3n) is 3.49. The number of anilines is 1. The molecule has 0 amide bonds. The highest BCUT2D eigenvalue weighted by Gasteiger charge is 2.22. The molecule has 2 rings (SSSR count). The molecular formula is C13H16N4O2S. The van der Waals surface area contributed by atoms with Gasteiger partial charge in [-0.1, -0.05) is 6.42 Å². The standard InChI is InChI=1S/C13H16N4O2S/c1-20-10-4-2-3-9(7-10)15-13-6-5-12(17(18)19)11(8-14)16-13/h5-6,9-10H,2-4,7H2,1H3,(H,15,16). The van der Waals surface area contributed by atoms with Crippen LogP contribution in [0.1, 0.15) is 31.4 Å². The molecule has 0 aliphatic heterocycles. The lowest BCUT2D eigenvalue weighted by Crippen LogP contribution is -2.28. The molecule has 20 heavy (non-hydrogen) atoms. The molecule has 0 aromatic carbocycles. The molecule has 0 spiro atoms. The van der Waals surface area contributed by atoms with Gasteiger partial charge in [-0.2, -0.15) is 17.0 Å². The van der Waals surface area contributed by atoms with Gasteiger partial charge in [0, 0.05) is 17.4 Å². The summed E-state index contributed by atoms with van der Waals surface area (Å²) in [7, 11) is 0. The molecule has 1 saturated carbocycles. The Kier molecular flexibility index (Phi) is 4.79. The summed E-state index contributed by atoms with van der Waals surface area (Å²) in [4.78, 5) is 14.2. The minimum absolute atomic E-state index is 0.141. The van der Waals surface area contributed by atoms with E-state index in [4.69, 9.17) is 5.26 Å². The maximum atomic E-state index is 10.8. The highest BCUT2D eigenvalue weighted by molar-refractivity contribution is 7.99. The van der Waals surface area contributed by atoms with Crippen LogP contribution in [-0.2, 0) is 0 Å². The second-order valence-corrected chi connectivity index (χ2v) is 5.94. The van der Waals surface area contributed by atoms with Gasteiger partial charge >= 0.3 is 5.69 Å². The molecule has 2 unspecified atom stereocenters. The Balaban J connectivity index is 2.10. The predicted octanol–water partition coefficient (Wildman–Crippen LogP) is 2.95.